The van der Waals surface area contributed by atoms with Gasteiger partial charge in [-0.2, -0.15) is 0 Å². The van der Waals surface area contributed by atoms with Crippen LogP contribution in [0.1, 0.15) is 40.5 Å². The molecule has 2 fully saturated rings. The molecule has 4 N–H and O–H groups in total. The molecular weight excluding hydrogens is 633 g/mol. The van der Waals surface area contributed by atoms with Gasteiger partial charge in [0.1, 0.15) is 24.2 Å². The minimum Gasteiger partial charge on any atom is -0.467 e. The molecule has 0 unspecified atom stereocenters. The van der Waals surface area contributed by atoms with Crippen molar-refractivity contribution in [2.24, 2.45) is 11.8 Å². The highest BCUT2D eigenvalue weighted by atomic mass is 33.1. The summed E-state index contributed by atoms with van der Waals surface area (Å²) in [7, 11) is 4.77. The third-order valence-electron chi connectivity index (χ3n) is 6.66. The Hall–Kier alpha value is -2.48. The monoisotopic (exact) mass is 676 g/mol. The first-order chi connectivity index (χ1) is 21.9. The van der Waals surface area contributed by atoms with Gasteiger partial charge in [0.25, 0.3) is 0 Å². The minimum absolute atomic E-state index is 0.0712. The van der Waals surface area contributed by atoms with Crippen LogP contribution in [-0.2, 0) is 38.2 Å². The molecule has 46 heavy (non-hydrogen) atoms. The Morgan fingerprint density at radius 3 is 1.17 bits per heavy atom. The first-order valence-electron chi connectivity index (χ1n) is 14.9. The van der Waals surface area contributed by atoms with Gasteiger partial charge >= 0.3 is 11.9 Å². The molecule has 4 amide bonds. The molecule has 0 spiro atoms. The van der Waals surface area contributed by atoms with Crippen LogP contribution in [0.25, 0.3) is 0 Å². The van der Waals surface area contributed by atoms with Crippen molar-refractivity contribution in [2.75, 3.05) is 25.7 Å². The quantitative estimate of drug-likeness (QED) is 0.0895. The topological polar surface area (TPSA) is 169 Å². The Labute approximate surface area is 281 Å². The minimum atomic E-state index is -1.05. The lowest BCUT2D eigenvalue weighted by molar-refractivity contribution is -0.145. The van der Waals surface area contributed by atoms with E-state index >= 15 is 0 Å². The second kappa shape index (κ2) is 20.7. The molecule has 10 radical (unpaired) electrons. The standard InChI is InChI=1S/C32H44N4O8S2/c1-19(2)15-23(33-27(37)21-11-7-8-12-21)29(39)35-25(31(41)43-5)17-45-46-18-26(32(42)44-6)36-30(40)24(16-20(3)4)34-28(38)22-13-9-10-14-22/h7-14,19-20,23-26H,15-18H2,1-6H3,(H,33,37)(H,34,38)(H,35,39)(H,36,40)/t23-,24-,25-,26-/m0/s1. The molecule has 0 aromatic carbocycles. The summed E-state index contributed by atoms with van der Waals surface area (Å²) < 4.78 is 9.78. The lowest BCUT2D eigenvalue weighted by atomic mass is 10.0. The first-order valence-corrected chi connectivity index (χ1v) is 17.4. The maximum absolute atomic E-state index is 13.2. The molecule has 4 atom stereocenters. The second-order valence-corrected chi connectivity index (χ2v) is 13.9. The Morgan fingerprint density at radius 2 is 0.891 bits per heavy atom. The van der Waals surface area contributed by atoms with Gasteiger partial charge in [-0.05, 0) is 76.0 Å². The molecule has 0 aliphatic heterocycles. The van der Waals surface area contributed by atoms with Crippen LogP contribution in [0.2, 0.25) is 0 Å². The number of hydrogen-bond acceptors (Lipinski definition) is 10. The zero-order valence-corrected chi connectivity index (χ0v) is 28.6. The number of ether oxygens (including phenoxy) is 2. The summed E-state index contributed by atoms with van der Waals surface area (Å²) in [6, 6.07) is -3.86. The van der Waals surface area contributed by atoms with E-state index in [0.717, 1.165) is 0 Å². The molecule has 0 aromatic heterocycles. The summed E-state index contributed by atoms with van der Waals surface area (Å²) in [6.07, 6.45) is 14.1. The lowest BCUT2D eigenvalue weighted by Crippen LogP contribution is -2.54. The van der Waals surface area contributed by atoms with Crippen molar-refractivity contribution in [3.05, 3.63) is 63.2 Å². The molecule has 14 heteroatoms. The normalized spacial score (nSPS) is 18.0. The SMILES string of the molecule is COC(=O)[C@H](CSSC[C@H](NC(=O)[C@H](CC(C)C)NC(=O)[C]1[CH][CH][CH][CH]1)C(=O)OC)NC(=O)[C@H](CC(C)C)NC(=O)[C]1[CH][CH][CH][CH]1. The van der Waals surface area contributed by atoms with Crippen LogP contribution in [0.4, 0.5) is 0 Å². The molecule has 12 nitrogen and oxygen atoms in total. The van der Waals surface area contributed by atoms with Gasteiger partial charge in [-0.3, -0.25) is 19.2 Å². The Bertz CT molecular complexity index is 952. The number of nitrogens with one attached hydrogen (secondary N) is 4. The van der Waals surface area contributed by atoms with Gasteiger partial charge in [0.05, 0.1) is 26.1 Å². The number of carbonyl (C=O) groups is 6. The van der Waals surface area contributed by atoms with Crippen molar-refractivity contribution in [2.45, 2.75) is 64.7 Å². The molecule has 2 aliphatic carbocycles. The number of hydrogen-bond donors (Lipinski definition) is 4. The molecule has 0 aromatic rings. The zero-order valence-electron chi connectivity index (χ0n) is 27.0. The fourth-order valence-corrected chi connectivity index (χ4v) is 6.64. The average Bonchev–Trinajstić information content (AvgIpc) is 3.75. The highest BCUT2D eigenvalue weighted by Crippen LogP contribution is 2.26. The summed E-state index contributed by atoms with van der Waals surface area (Å²) in [5, 5.41) is 10.8. The fraction of sp³-hybridized carbons (Fsp3) is 0.500. The van der Waals surface area contributed by atoms with Crippen LogP contribution < -0.4 is 21.3 Å². The summed E-state index contributed by atoms with van der Waals surface area (Å²) >= 11 is 0. The highest BCUT2D eigenvalue weighted by molar-refractivity contribution is 8.76. The van der Waals surface area contributed by atoms with E-state index in [4.69, 9.17) is 9.47 Å². The van der Waals surface area contributed by atoms with Crippen molar-refractivity contribution in [1.82, 2.24) is 21.3 Å². The van der Waals surface area contributed by atoms with E-state index in [1.165, 1.54) is 35.8 Å². The van der Waals surface area contributed by atoms with Crippen LogP contribution in [0.3, 0.4) is 0 Å². The third-order valence-corrected chi connectivity index (χ3v) is 9.09. The molecule has 0 heterocycles. The third kappa shape index (κ3) is 13.7. The Morgan fingerprint density at radius 1 is 0.565 bits per heavy atom. The number of rotatable bonds is 19. The van der Waals surface area contributed by atoms with Crippen molar-refractivity contribution in [3.63, 3.8) is 0 Å². The maximum Gasteiger partial charge on any atom is 0.329 e. The van der Waals surface area contributed by atoms with Gasteiger partial charge in [-0.25, -0.2) is 9.59 Å². The molecular formula is C32H44N4O8S2. The summed E-state index contributed by atoms with van der Waals surface area (Å²) in [4.78, 5) is 76.8. The smallest absolute Gasteiger partial charge is 0.329 e. The van der Waals surface area contributed by atoms with E-state index in [1.807, 2.05) is 27.7 Å². The predicted octanol–water partition coefficient (Wildman–Crippen LogP) is 1.56. The number of esters is 2. The van der Waals surface area contributed by atoms with Gasteiger partial charge in [0.2, 0.25) is 23.6 Å². The van der Waals surface area contributed by atoms with Gasteiger partial charge in [-0.15, -0.1) is 0 Å². The molecule has 0 saturated heterocycles. The van der Waals surface area contributed by atoms with Gasteiger partial charge in [0, 0.05) is 11.5 Å². The molecule has 2 rings (SSSR count). The number of amides is 4. The van der Waals surface area contributed by atoms with Crippen molar-refractivity contribution in [3.8, 4) is 0 Å². The van der Waals surface area contributed by atoms with Crippen molar-refractivity contribution >= 4 is 57.2 Å². The van der Waals surface area contributed by atoms with Gasteiger partial charge in [-0.1, -0.05) is 49.3 Å². The highest BCUT2D eigenvalue weighted by Gasteiger charge is 2.33. The van der Waals surface area contributed by atoms with E-state index < -0.39 is 59.7 Å². The molecule has 252 valence electrons. The van der Waals surface area contributed by atoms with E-state index in [1.54, 1.807) is 51.4 Å². The van der Waals surface area contributed by atoms with E-state index in [9.17, 15) is 28.8 Å². The van der Waals surface area contributed by atoms with E-state index in [-0.39, 0.29) is 23.3 Å². The second-order valence-electron chi connectivity index (χ2n) is 11.4. The van der Waals surface area contributed by atoms with Crippen molar-refractivity contribution < 1.29 is 38.2 Å². The number of carbonyl (C=O) groups excluding carboxylic acids is 6. The number of methoxy groups -OCH3 is 2. The Kier molecular flexibility index (Phi) is 17.9. The van der Waals surface area contributed by atoms with Gasteiger partial charge in [0.15, 0.2) is 0 Å². The van der Waals surface area contributed by atoms with Crippen LogP contribution in [0, 0.1) is 75.0 Å². The Balaban J connectivity index is 1.99. The first kappa shape index (κ1) is 39.7. The van der Waals surface area contributed by atoms with E-state index in [2.05, 4.69) is 21.3 Å². The van der Waals surface area contributed by atoms with Crippen LogP contribution in [0.5, 0.6) is 0 Å². The van der Waals surface area contributed by atoms with Gasteiger partial charge < -0.3 is 30.7 Å². The van der Waals surface area contributed by atoms with Crippen LogP contribution >= 0.6 is 21.6 Å². The summed E-state index contributed by atoms with van der Waals surface area (Å²) in [5.41, 5.74) is 0. The molecule has 2 aliphatic rings. The average molecular weight is 677 g/mol. The maximum atomic E-state index is 13.2. The molecule has 0 bridgehead atoms. The fourth-order valence-electron chi connectivity index (χ4n) is 4.34. The molecule has 2 saturated carbocycles. The van der Waals surface area contributed by atoms with E-state index in [0.29, 0.717) is 24.7 Å². The summed E-state index contributed by atoms with van der Waals surface area (Å²) in [5.74, 6) is -2.09. The summed E-state index contributed by atoms with van der Waals surface area (Å²) in [6.45, 7) is 7.66. The zero-order chi connectivity index (χ0) is 34.2. The van der Waals surface area contributed by atoms with Crippen LogP contribution in [0.15, 0.2) is 0 Å². The largest absolute Gasteiger partial charge is 0.467 e. The van der Waals surface area contributed by atoms with Crippen molar-refractivity contribution in [1.29, 1.82) is 0 Å². The predicted molar refractivity (Wildman–Crippen MR) is 176 cm³/mol. The lowest BCUT2D eigenvalue weighted by Gasteiger charge is -2.25. The van der Waals surface area contributed by atoms with Crippen LogP contribution in [-0.4, -0.2) is 85.5 Å².